The van der Waals surface area contributed by atoms with Crippen molar-refractivity contribution in [3.05, 3.63) is 35.8 Å². The molecule has 0 saturated carbocycles. The van der Waals surface area contributed by atoms with Crippen molar-refractivity contribution in [2.75, 3.05) is 10.0 Å². The quantitative estimate of drug-likeness (QED) is 0.656. The Kier molecular flexibility index (Phi) is 5.62. The van der Waals surface area contributed by atoms with Crippen molar-refractivity contribution in [3.63, 3.8) is 0 Å². The van der Waals surface area contributed by atoms with Crippen molar-refractivity contribution < 1.29 is 43.9 Å². The van der Waals surface area contributed by atoms with Gasteiger partial charge in [-0.15, -0.1) is 11.3 Å². The molecule has 0 fully saturated rings. The number of aromatic nitrogens is 1. The number of thiazole rings is 1. The van der Waals surface area contributed by atoms with Crippen LogP contribution in [-0.2, 0) is 14.8 Å². The predicted molar refractivity (Wildman–Crippen MR) is 83.9 cm³/mol. The van der Waals surface area contributed by atoms with Gasteiger partial charge in [-0.2, -0.15) is 30.7 Å². The molecular weight excluding hydrogens is 443 g/mol. The fourth-order valence-corrected chi connectivity index (χ4v) is 3.48. The van der Waals surface area contributed by atoms with Crippen LogP contribution in [0.5, 0.6) is 0 Å². The molecule has 1 heterocycles. The number of benzene rings is 1. The maximum absolute atomic E-state index is 13.3. The zero-order valence-corrected chi connectivity index (χ0v) is 14.7. The van der Waals surface area contributed by atoms with Gasteiger partial charge in [0.15, 0.2) is 5.13 Å². The largest absolute Gasteiger partial charge is 0.460 e. The number of nitrogens with one attached hydrogen (secondary N) is 2. The fraction of sp³-hybridized carbons (Fsp3) is 0.231. The van der Waals surface area contributed by atoms with Crippen LogP contribution in [0.2, 0.25) is 0 Å². The van der Waals surface area contributed by atoms with Crippen LogP contribution in [0.1, 0.15) is 0 Å². The summed E-state index contributed by atoms with van der Waals surface area (Å²) < 4.78 is 115. The minimum absolute atomic E-state index is 0.0198. The fourth-order valence-electron chi connectivity index (χ4n) is 1.70. The van der Waals surface area contributed by atoms with Gasteiger partial charge in [-0.1, -0.05) is 0 Å². The molecule has 1 amide bonds. The minimum Gasteiger partial charge on any atom is -0.321 e. The molecule has 0 atom stereocenters. The smallest absolute Gasteiger partial charge is 0.321 e. The Balaban J connectivity index is 2.17. The minimum atomic E-state index is -6.66. The summed E-state index contributed by atoms with van der Waals surface area (Å²) in [4.78, 5) is 14.5. The Labute approximate surface area is 156 Å². The van der Waals surface area contributed by atoms with E-state index < -0.39 is 44.5 Å². The molecule has 0 radical (unpaired) electrons. The van der Waals surface area contributed by atoms with Gasteiger partial charge in [-0.25, -0.2) is 13.4 Å². The number of amides is 1. The summed E-state index contributed by atoms with van der Waals surface area (Å²) >= 11 is 0.958. The van der Waals surface area contributed by atoms with E-state index in [1.54, 1.807) is 0 Å². The highest BCUT2D eigenvalue weighted by molar-refractivity contribution is 7.93. The van der Waals surface area contributed by atoms with Gasteiger partial charge < -0.3 is 5.32 Å². The summed E-state index contributed by atoms with van der Waals surface area (Å²) in [6.07, 6.45) is -5.34. The normalized spacial score (nSPS) is 13.2. The summed E-state index contributed by atoms with van der Waals surface area (Å²) in [5.74, 6) is -15.6. The first-order valence-corrected chi connectivity index (χ1v) is 9.21. The first kappa shape index (κ1) is 21.9. The van der Waals surface area contributed by atoms with Crippen LogP contribution >= 0.6 is 11.3 Å². The molecule has 154 valence electrons. The molecular formula is C13H8F7N3O3S2. The number of hydrogen-bond acceptors (Lipinski definition) is 5. The second kappa shape index (κ2) is 7.20. The van der Waals surface area contributed by atoms with E-state index in [0.717, 1.165) is 35.6 Å². The maximum Gasteiger partial charge on any atom is 0.460 e. The van der Waals surface area contributed by atoms with Crippen molar-refractivity contribution in [2.45, 2.75) is 22.9 Å². The van der Waals surface area contributed by atoms with Crippen LogP contribution in [0.25, 0.3) is 0 Å². The lowest BCUT2D eigenvalue weighted by Crippen LogP contribution is -2.57. The Hall–Kier alpha value is -2.42. The monoisotopic (exact) mass is 451 g/mol. The summed E-state index contributed by atoms with van der Waals surface area (Å²) in [6, 6.07) is 3.09. The number of anilines is 2. The van der Waals surface area contributed by atoms with E-state index in [1.807, 2.05) is 0 Å². The third-order valence-electron chi connectivity index (χ3n) is 3.11. The van der Waals surface area contributed by atoms with E-state index in [0.29, 0.717) is 0 Å². The number of halogens is 7. The van der Waals surface area contributed by atoms with Gasteiger partial charge in [0.1, 0.15) is 0 Å². The van der Waals surface area contributed by atoms with Crippen LogP contribution in [-0.4, -0.2) is 37.3 Å². The molecule has 0 saturated heterocycles. The van der Waals surface area contributed by atoms with Gasteiger partial charge in [0.25, 0.3) is 10.0 Å². The molecule has 0 aliphatic heterocycles. The lowest BCUT2D eigenvalue weighted by Gasteiger charge is -2.27. The molecule has 0 aliphatic rings. The van der Waals surface area contributed by atoms with Gasteiger partial charge >= 0.3 is 23.9 Å². The van der Waals surface area contributed by atoms with E-state index in [-0.39, 0.29) is 5.13 Å². The molecule has 2 rings (SSSR count). The second-order valence-electron chi connectivity index (χ2n) is 5.07. The molecule has 6 nitrogen and oxygen atoms in total. The maximum atomic E-state index is 13.3. The number of carbonyl (C=O) groups is 1. The van der Waals surface area contributed by atoms with Gasteiger partial charge in [-0.3, -0.25) is 9.52 Å². The van der Waals surface area contributed by atoms with Gasteiger partial charge in [0, 0.05) is 17.3 Å². The van der Waals surface area contributed by atoms with Gasteiger partial charge in [0.05, 0.1) is 4.90 Å². The van der Waals surface area contributed by atoms with E-state index in [1.165, 1.54) is 16.9 Å². The van der Waals surface area contributed by atoms with E-state index >= 15 is 0 Å². The molecule has 0 unspecified atom stereocenters. The Morgan fingerprint density at radius 3 is 2.04 bits per heavy atom. The van der Waals surface area contributed by atoms with Crippen LogP contribution in [0.15, 0.2) is 40.7 Å². The van der Waals surface area contributed by atoms with Crippen LogP contribution in [0.3, 0.4) is 0 Å². The van der Waals surface area contributed by atoms with E-state index in [4.69, 9.17) is 0 Å². The highest BCUT2D eigenvalue weighted by Crippen LogP contribution is 2.46. The van der Waals surface area contributed by atoms with Gasteiger partial charge in [0.2, 0.25) is 0 Å². The average Bonchev–Trinajstić information content (AvgIpc) is 3.06. The third kappa shape index (κ3) is 4.19. The Morgan fingerprint density at radius 2 is 1.57 bits per heavy atom. The summed E-state index contributed by atoms with van der Waals surface area (Å²) in [6.45, 7) is 0. The van der Waals surface area contributed by atoms with Crippen molar-refractivity contribution in [3.8, 4) is 0 Å². The Bertz CT molecular complexity index is 943. The van der Waals surface area contributed by atoms with Crippen molar-refractivity contribution in [1.29, 1.82) is 0 Å². The molecule has 1 aromatic carbocycles. The summed E-state index contributed by atoms with van der Waals surface area (Å²) in [7, 11) is -4.13. The third-order valence-corrected chi connectivity index (χ3v) is 5.28. The van der Waals surface area contributed by atoms with Crippen molar-refractivity contribution in [1.82, 2.24) is 4.98 Å². The van der Waals surface area contributed by atoms with Crippen LogP contribution in [0.4, 0.5) is 41.6 Å². The highest BCUT2D eigenvalue weighted by atomic mass is 32.2. The first-order valence-electron chi connectivity index (χ1n) is 6.84. The van der Waals surface area contributed by atoms with Crippen molar-refractivity contribution in [2.24, 2.45) is 0 Å². The first-order chi connectivity index (χ1) is 12.7. The number of rotatable bonds is 6. The lowest BCUT2D eigenvalue weighted by atomic mass is 10.1. The summed E-state index contributed by atoms with van der Waals surface area (Å²) in [5.41, 5.74) is -0.629. The number of sulfonamides is 1. The molecule has 2 aromatic rings. The number of hydrogen-bond donors (Lipinski definition) is 2. The molecule has 0 bridgehead atoms. The molecule has 2 N–H and O–H groups in total. The standard InChI is InChI=1S/C13H8F7N3O3S2/c14-11(15,12(16,17)13(18,19)20)9(24)22-7-1-3-8(4-2-7)28(25,26)23-10-21-5-6-27-10/h1-6H,(H,21,23)(H,22,24). The average molecular weight is 451 g/mol. The van der Waals surface area contributed by atoms with E-state index in [2.05, 4.69) is 9.71 Å². The number of alkyl halides is 7. The predicted octanol–water partition coefficient (Wildman–Crippen LogP) is 3.72. The van der Waals surface area contributed by atoms with Crippen LogP contribution in [0, 0.1) is 0 Å². The SMILES string of the molecule is O=C(Nc1ccc(S(=O)(=O)Nc2nccs2)cc1)C(F)(F)C(F)(F)C(F)(F)F. The topological polar surface area (TPSA) is 88.2 Å². The molecule has 28 heavy (non-hydrogen) atoms. The second-order valence-corrected chi connectivity index (χ2v) is 7.64. The lowest BCUT2D eigenvalue weighted by molar-refractivity contribution is -0.343. The number of nitrogens with zero attached hydrogens (tertiary/aromatic N) is 1. The van der Waals surface area contributed by atoms with Gasteiger partial charge in [-0.05, 0) is 24.3 Å². The van der Waals surface area contributed by atoms with E-state index in [9.17, 15) is 43.9 Å². The van der Waals surface area contributed by atoms with Crippen molar-refractivity contribution >= 4 is 38.1 Å². The highest BCUT2D eigenvalue weighted by Gasteiger charge is 2.76. The molecule has 15 heteroatoms. The zero-order valence-electron chi connectivity index (χ0n) is 13.1. The molecule has 1 aromatic heterocycles. The summed E-state index contributed by atoms with van der Waals surface area (Å²) in [5, 5.41) is 2.69. The Morgan fingerprint density at radius 1 is 1.00 bits per heavy atom. The van der Waals surface area contributed by atoms with Crippen LogP contribution < -0.4 is 10.0 Å². The number of carbonyl (C=O) groups excluding carboxylic acids is 1. The molecule has 0 aliphatic carbocycles. The zero-order chi connectivity index (χ0) is 21.4. The molecule has 0 spiro atoms.